The Morgan fingerprint density at radius 1 is 1.12 bits per heavy atom. The summed E-state index contributed by atoms with van der Waals surface area (Å²) in [7, 11) is 0. The molecule has 3 saturated heterocycles. The van der Waals surface area contributed by atoms with E-state index in [1.54, 1.807) is 6.92 Å². The van der Waals surface area contributed by atoms with Gasteiger partial charge in [0.25, 0.3) is 5.91 Å². The molecule has 0 saturated carbocycles. The fraction of sp³-hybridized carbons (Fsp3) is 0.500. The Hall–Kier alpha value is -2.30. The largest absolute Gasteiger partial charge is 0.350 e. The number of fused-ring (bicyclic) bond motifs is 5. The molecule has 1 aromatic heterocycles. The lowest BCUT2D eigenvalue weighted by molar-refractivity contribution is -0.129. The van der Waals surface area contributed by atoms with Crippen LogP contribution in [0.4, 0.5) is 0 Å². The van der Waals surface area contributed by atoms with Crippen LogP contribution in [0.5, 0.6) is 0 Å². The van der Waals surface area contributed by atoms with Crippen LogP contribution in [-0.4, -0.2) is 52.3 Å². The van der Waals surface area contributed by atoms with Gasteiger partial charge in [-0.05, 0) is 50.3 Å². The molecule has 2 atom stereocenters. The molecule has 0 radical (unpaired) electrons. The minimum absolute atomic E-state index is 0.0754. The minimum atomic E-state index is 0.0754. The Morgan fingerprint density at radius 2 is 1.92 bits per heavy atom. The Bertz CT molecular complexity index is 854. The lowest BCUT2D eigenvalue weighted by atomic mass is 9.94. The van der Waals surface area contributed by atoms with Crippen LogP contribution in [0.1, 0.15) is 41.4 Å². The maximum absolute atomic E-state index is 13.3. The molecule has 3 aliphatic rings. The SMILES string of the molecule is CC(=O)N1C[C@@H]2CC[C@H](C1)N(C(=O)c1[nH]c3ccc(C)cc3c1C)C2. The monoisotopic (exact) mass is 339 g/mol. The first-order valence-electron chi connectivity index (χ1n) is 9.09. The number of hydrogen-bond acceptors (Lipinski definition) is 2. The summed E-state index contributed by atoms with van der Waals surface area (Å²) in [4.78, 5) is 32.4. The fourth-order valence-electron chi connectivity index (χ4n) is 4.39. The number of aryl methyl sites for hydroxylation is 2. The molecule has 2 bridgehead atoms. The number of aromatic amines is 1. The summed E-state index contributed by atoms with van der Waals surface area (Å²) < 4.78 is 0. The van der Waals surface area contributed by atoms with Crippen LogP contribution < -0.4 is 0 Å². The van der Waals surface area contributed by atoms with Crippen molar-refractivity contribution >= 4 is 22.7 Å². The summed E-state index contributed by atoms with van der Waals surface area (Å²) in [5, 5.41) is 1.12. The predicted octanol–water partition coefficient (Wildman–Crippen LogP) is 2.87. The van der Waals surface area contributed by atoms with E-state index in [-0.39, 0.29) is 17.9 Å². The third-order valence-corrected chi connectivity index (χ3v) is 5.85. The van der Waals surface area contributed by atoms with Crippen molar-refractivity contribution in [3.8, 4) is 0 Å². The Morgan fingerprint density at radius 3 is 2.68 bits per heavy atom. The van der Waals surface area contributed by atoms with Gasteiger partial charge in [0.15, 0.2) is 0 Å². The van der Waals surface area contributed by atoms with Gasteiger partial charge >= 0.3 is 0 Å². The number of nitrogens with one attached hydrogen (secondary N) is 1. The lowest BCUT2D eigenvalue weighted by Gasteiger charge is -2.36. The Labute approximate surface area is 148 Å². The zero-order valence-electron chi connectivity index (χ0n) is 15.1. The van der Waals surface area contributed by atoms with E-state index >= 15 is 0 Å². The normalized spacial score (nSPS) is 23.2. The van der Waals surface area contributed by atoms with Gasteiger partial charge in [-0.1, -0.05) is 11.6 Å². The van der Waals surface area contributed by atoms with E-state index in [0.717, 1.165) is 42.4 Å². The first-order valence-corrected chi connectivity index (χ1v) is 9.09. The summed E-state index contributed by atoms with van der Waals surface area (Å²) in [6, 6.07) is 6.36. The standard InChI is InChI=1S/C20H25N3O2/c1-12-4-7-18-17(8-12)13(2)19(21-18)20(25)23-10-15-5-6-16(23)11-22(9-15)14(3)24/h4,7-8,15-16,21H,5-6,9-11H2,1-3H3/t15-,16+/m0/s1. The molecule has 2 aromatic rings. The van der Waals surface area contributed by atoms with Crippen molar-refractivity contribution in [3.63, 3.8) is 0 Å². The number of hydrogen-bond donors (Lipinski definition) is 1. The number of aromatic nitrogens is 1. The second-order valence-electron chi connectivity index (χ2n) is 7.65. The highest BCUT2D eigenvalue weighted by Crippen LogP contribution is 2.31. The van der Waals surface area contributed by atoms with Crippen LogP contribution in [0.15, 0.2) is 18.2 Å². The molecule has 1 aromatic carbocycles. The van der Waals surface area contributed by atoms with Gasteiger partial charge in [-0.3, -0.25) is 9.59 Å². The molecule has 2 amide bonds. The van der Waals surface area contributed by atoms with E-state index in [0.29, 0.717) is 18.2 Å². The topological polar surface area (TPSA) is 56.4 Å². The van der Waals surface area contributed by atoms with E-state index in [2.05, 4.69) is 24.0 Å². The van der Waals surface area contributed by atoms with Crippen molar-refractivity contribution in [1.29, 1.82) is 0 Å². The molecular weight excluding hydrogens is 314 g/mol. The molecule has 3 aliphatic heterocycles. The number of nitrogens with zero attached hydrogens (tertiary/aromatic N) is 2. The molecule has 4 heterocycles. The van der Waals surface area contributed by atoms with Crippen LogP contribution in [0, 0.1) is 19.8 Å². The van der Waals surface area contributed by atoms with Crippen molar-refractivity contribution in [2.24, 2.45) is 5.92 Å². The number of benzene rings is 1. The fourth-order valence-corrected chi connectivity index (χ4v) is 4.39. The number of H-pyrrole nitrogens is 1. The third-order valence-electron chi connectivity index (χ3n) is 5.85. The summed E-state index contributed by atoms with van der Waals surface area (Å²) >= 11 is 0. The van der Waals surface area contributed by atoms with Gasteiger partial charge in [-0.25, -0.2) is 0 Å². The number of piperidine rings is 1. The first-order chi connectivity index (χ1) is 11.9. The predicted molar refractivity (Wildman–Crippen MR) is 97.6 cm³/mol. The van der Waals surface area contributed by atoms with Gasteiger partial charge in [0, 0.05) is 43.5 Å². The second kappa shape index (κ2) is 5.90. The van der Waals surface area contributed by atoms with Crippen molar-refractivity contribution in [3.05, 3.63) is 35.0 Å². The molecule has 132 valence electrons. The lowest BCUT2D eigenvalue weighted by Crippen LogP contribution is -2.47. The Balaban J connectivity index is 1.67. The number of amides is 2. The second-order valence-corrected chi connectivity index (χ2v) is 7.65. The van der Waals surface area contributed by atoms with E-state index in [4.69, 9.17) is 0 Å². The van der Waals surface area contributed by atoms with Gasteiger partial charge in [0.2, 0.25) is 5.91 Å². The highest BCUT2D eigenvalue weighted by molar-refractivity contribution is 6.01. The van der Waals surface area contributed by atoms with Gasteiger partial charge in [0.05, 0.1) is 0 Å². The maximum atomic E-state index is 13.3. The van der Waals surface area contributed by atoms with E-state index in [1.165, 1.54) is 5.56 Å². The maximum Gasteiger partial charge on any atom is 0.270 e. The summed E-state index contributed by atoms with van der Waals surface area (Å²) in [6.45, 7) is 7.90. The van der Waals surface area contributed by atoms with Crippen LogP contribution in [0.25, 0.3) is 10.9 Å². The quantitative estimate of drug-likeness (QED) is 0.868. The molecule has 3 fully saturated rings. The smallest absolute Gasteiger partial charge is 0.270 e. The van der Waals surface area contributed by atoms with Gasteiger partial charge < -0.3 is 14.8 Å². The highest BCUT2D eigenvalue weighted by Gasteiger charge is 2.38. The van der Waals surface area contributed by atoms with E-state index in [1.807, 2.05) is 22.8 Å². The van der Waals surface area contributed by atoms with Crippen LogP contribution >= 0.6 is 0 Å². The number of rotatable bonds is 1. The van der Waals surface area contributed by atoms with Crippen LogP contribution in [0.3, 0.4) is 0 Å². The summed E-state index contributed by atoms with van der Waals surface area (Å²) in [6.07, 6.45) is 2.08. The van der Waals surface area contributed by atoms with Crippen molar-refractivity contribution in [2.45, 2.75) is 39.7 Å². The van der Waals surface area contributed by atoms with Crippen molar-refractivity contribution in [1.82, 2.24) is 14.8 Å². The first kappa shape index (κ1) is 16.2. The van der Waals surface area contributed by atoms with Gasteiger partial charge in [-0.2, -0.15) is 0 Å². The number of carbonyl (C=O) groups excluding carboxylic acids is 2. The van der Waals surface area contributed by atoms with Crippen LogP contribution in [-0.2, 0) is 4.79 Å². The molecule has 0 aliphatic carbocycles. The number of carbonyl (C=O) groups is 2. The van der Waals surface area contributed by atoms with Crippen molar-refractivity contribution in [2.75, 3.05) is 19.6 Å². The highest BCUT2D eigenvalue weighted by atomic mass is 16.2. The molecule has 1 N–H and O–H groups in total. The van der Waals surface area contributed by atoms with Gasteiger partial charge in [0.1, 0.15) is 5.69 Å². The van der Waals surface area contributed by atoms with Gasteiger partial charge in [-0.15, -0.1) is 0 Å². The average molecular weight is 339 g/mol. The van der Waals surface area contributed by atoms with Crippen molar-refractivity contribution < 1.29 is 9.59 Å². The Kier molecular flexibility index (Phi) is 3.82. The minimum Gasteiger partial charge on any atom is -0.350 e. The molecule has 0 spiro atoms. The summed E-state index contributed by atoms with van der Waals surface area (Å²) in [5.74, 6) is 0.577. The molecule has 0 unspecified atom stereocenters. The zero-order valence-corrected chi connectivity index (χ0v) is 15.1. The average Bonchev–Trinajstić information content (AvgIpc) is 2.76. The molecular formula is C20H25N3O2. The molecule has 5 nitrogen and oxygen atoms in total. The van der Waals surface area contributed by atoms with E-state index in [9.17, 15) is 9.59 Å². The van der Waals surface area contributed by atoms with Crippen LogP contribution in [0.2, 0.25) is 0 Å². The molecule has 5 rings (SSSR count). The summed E-state index contributed by atoms with van der Waals surface area (Å²) in [5.41, 5.74) is 3.92. The molecule has 5 heteroatoms. The van der Waals surface area contributed by atoms with E-state index < -0.39 is 0 Å². The molecule has 25 heavy (non-hydrogen) atoms. The third kappa shape index (κ3) is 2.71. The zero-order chi connectivity index (χ0) is 17.7.